The van der Waals surface area contributed by atoms with Gasteiger partial charge in [-0.1, -0.05) is 37.3 Å². The summed E-state index contributed by atoms with van der Waals surface area (Å²) in [6.07, 6.45) is 3.67. The van der Waals surface area contributed by atoms with Crippen molar-refractivity contribution in [2.45, 2.75) is 19.0 Å². The van der Waals surface area contributed by atoms with Gasteiger partial charge in [0.1, 0.15) is 0 Å². The molecule has 0 aliphatic rings. The minimum Gasteiger partial charge on any atom is -0.397 e. The van der Waals surface area contributed by atoms with Crippen LogP contribution in [-0.2, 0) is 9.36 Å². The van der Waals surface area contributed by atoms with Crippen molar-refractivity contribution in [1.82, 2.24) is 0 Å². The second kappa shape index (κ2) is 9.61. The van der Waals surface area contributed by atoms with E-state index < -0.39 is 13.7 Å². The van der Waals surface area contributed by atoms with Crippen LogP contribution in [0.25, 0.3) is 16.5 Å². The van der Waals surface area contributed by atoms with E-state index >= 15 is 0 Å². The van der Waals surface area contributed by atoms with Crippen molar-refractivity contribution in [2.24, 2.45) is 0 Å². The van der Waals surface area contributed by atoms with Gasteiger partial charge in [-0.3, -0.25) is 4.79 Å². The highest BCUT2D eigenvalue weighted by atomic mass is 32.1. The second-order valence-corrected chi connectivity index (χ2v) is 8.67. The summed E-state index contributed by atoms with van der Waals surface area (Å²) in [6.45, 7) is 1.87. The average Bonchev–Trinajstić information content (AvgIpc) is 3.23. The van der Waals surface area contributed by atoms with Crippen LogP contribution in [0.1, 0.15) is 30.1 Å². The Morgan fingerprint density at radius 1 is 1.24 bits per heavy atom. The molecule has 5 nitrogen and oxygen atoms in total. The number of nitrogens with two attached hydrogens (primary N) is 1. The van der Waals surface area contributed by atoms with Crippen LogP contribution in [0.3, 0.4) is 0 Å². The van der Waals surface area contributed by atoms with Gasteiger partial charge in [-0.2, -0.15) is 4.89 Å². The fraction of sp³-hybridized carbons (Fsp3) is 0.136. The van der Waals surface area contributed by atoms with E-state index in [4.69, 9.17) is 5.73 Å². The molecule has 3 aromatic rings. The Labute approximate surface area is 174 Å². The summed E-state index contributed by atoms with van der Waals surface area (Å²) < 4.78 is 11.5. The molecule has 1 amide bonds. The Hall–Kier alpha value is -2.79. The van der Waals surface area contributed by atoms with E-state index in [1.54, 1.807) is 23.5 Å². The lowest BCUT2D eigenvalue weighted by molar-refractivity contribution is -0.111. The van der Waals surface area contributed by atoms with Gasteiger partial charge in [-0.15, -0.1) is 11.3 Å². The van der Waals surface area contributed by atoms with E-state index in [-0.39, 0.29) is 5.91 Å². The first-order valence-corrected chi connectivity index (χ1v) is 11.3. The van der Waals surface area contributed by atoms with E-state index in [2.05, 4.69) is 5.32 Å². The van der Waals surface area contributed by atoms with Gasteiger partial charge < -0.3 is 11.1 Å². The first-order valence-electron chi connectivity index (χ1n) is 9.15. The zero-order valence-corrected chi connectivity index (χ0v) is 17.6. The van der Waals surface area contributed by atoms with Crippen LogP contribution in [0.15, 0.2) is 66.1 Å². The third-order valence-electron chi connectivity index (χ3n) is 4.49. The number of benzene rings is 2. The van der Waals surface area contributed by atoms with Gasteiger partial charge in [0, 0.05) is 16.5 Å². The lowest BCUT2D eigenvalue weighted by Gasteiger charge is -2.08. The molecule has 0 aliphatic carbocycles. The number of hydrogen-bond acceptors (Lipinski definition) is 4. The van der Waals surface area contributed by atoms with Crippen molar-refractivity contribution in [3.8, 4) is 10.4 Å². The van der Waals surface area contributed by atoms with Crippen LogP contribution in [0.2, 0.25) is 0 Å². The van der Waals surface area contributed by atoms with Gasteiger partial charge >= 0.3 is 8.03 Å². The molecule has 0 aliphatic heterocycles. The van der Waals surface area contributed by atoms with Gasteiger partial charge in [0.15, 0.2) is 0 Å². The van der Waals surface area contributed by atoms with Crippen LogP contribution in [0, 0.1) is 0 Å². The highest BCUT2D eigenvalue weighted by molar-refractivity contribution is 7.38. The number of carbonyl (C=O) groups is 1. The molecule has 2 aromatic carbocycles. The molecule has 1 aromatic heterocycles. The standard InChI is InChI=1S/C22H21N2O3PS/c1-2-20(28(26)27)16-6-3-5-15(13-16)8-11-22(25)24-19-14-17(9-10-18(19)23)21-7-4-12-29-21/h3-14,20H,2,23H2,1H3,(H-,24,25,26,27)/p+1/b11-8+. The summed E-state index contributed by atoms with van der Waals surface area (Å²) >= 11 is 1.62. The number of nitrogen functional groups attached to an aromatic ring is 1. The first-order chi connectivity index (χ1) is 14.0. The summed E-state index contributed by atoms with van der Waals surface area (Å²) in [6, 6.07) is 16.9. The van der Waals surface area contributed by atoms with Crippen molar-refractivity contribution in [3.63, 3.8) is 0 Å². The van der Waals surface area contributed by atoms with Crippen LogP contribution < -0.4 is 11.1 Å². The molecule has 0 radical (unpaired) electrons. The number of carbonyl (C=O) groups excluding carboxylic acids is 1. The molecule has 148 valence electrons. The fourth-order valence-corrected chi connectivity index (χ4v) is 4.45. The minimum atomic E-state index is -2.30. The highest BCUT2D eigenvalue weighted by Gasteiger charge is 2.28. The molecular weight excluding hydrogens is 403 g/mol. The molecule has 0 bridgehead atoms. The summed E-state index contributed by atoms with van der Waals surface area (Å²) in [7, 11) is -2.30. The van der Waals surface area contributed by atoms with Gasteiger partial charge in [0.25, 0.3) is 0 Å². The molecule has 7 heteroatoms. The predicted molar refractivity (Wildman–Crippen MR) is 121 cm³/mol. The molecule has 0 spiro atoms. The number of thiophene rings is 1. The molecular formula is C22H22N2O3PS+. The van der Waals surface area contributed by atoms with Gasteiger partial charge in [0.2, 0.25) is 11.6 Å². The molecule has 2 atom stereocenters. The summed E-state index contributed by atoms with van der Waals surface area (Å²) in [5, 5.41) is 4.81. The van der Waals surface area contributed by atoms with E-state index in [1.807, 2.05) is 60.8 Å². The van der Waals surface area contributed by atoms with Crippen LogP contribution in [-0.4, -0.2) is 10.8 Å². The topological polar surface area (TPSA) is 92.4 Å². The quantitative estimate of drug-likeness (QED) is 0.252. The smallest absolute Gasteiger partial charge is 0.397 e. The van der Waals surface area contributed by atoms with Crippen LogP contribution in [0.4, 0.5) is 11.4 Å². The summed E-state index contributed by atoms with van der Waals surface area (Å²) in [4.78, 5) is 23.0. The second-order valence-electron chi connectivity index (χ2n) is 6.50. The maximum Gasteiger partial charge on any atom is 0.513 e. The lowest BCUT2D eigenvalue weighted by atomic mass is 10.1. The minimum absolute atomic E-state index is 0.300. The predicted octanol–water partition coefficient (Wildman–Crippen LogP) is 5.84. The zero-order chi connectivity index (χ0) is 20.8. The molecule has 0 fully saturated rings. The van der Waals surface area contributed by atoms with E-state index in [1.165, 1.54) is 6.08 Å². The Kier molecular flexibility index (Phi) is 6.94. The van der Waals surface area contributed by atoms with E-state index in [9.17, 15) is 14.3 Å². The Morgan fingerprint density at radius 3 is 2.76 bits per heavy atom. The molecule has 3 rings (SSSR count). The number of anilines is 2. The Bertz CT molecular complexity index is 1050. The monoisotopic (exact) mass is 425 g/mol. The normalized spacial score (nSPS) is 12.7. The number of amides is 1. The van der Waals surface area contributed by atoms with Gasteiger partial charge in [-0.25, -0.2) is 0 Å². The summed E-state index contributed by atoms with van der Waals surface area (Å²) in [5.74, 6) is -0.300. The first kappa shape index (κ1) is 20.9. The molecule has 29 heavy (non-hydrogen) atoms. The number of rotatable bonds is 7. The molecule has 4 N–H and O–H groups in total. The van der Waals surface area contributed by atoms with Gasteiger partial charge in [0.05, 0.1) is 11.4 Å². The fourth-order valence-electron chi connectivity index (χ4n) is 3.00. The average molecular weight is 425 g/mol. The number of hydrogen-bond donors (Lipinski definition) is 3. The third kappa shape index (κ3) is 5.39. The molecule has 1 heterocycles. The van der Waals surface area contributed by atoms with E-state index in [0.717, 1.165) is 21.6 Å². The van der Waals surface area contributed by atoms with Crippen molar-refractivity contribution in [1.29, 1.82) is 0 Å². The van der Waals surface area contributed by atoms with Crippen LogP contribution in [0.5, 0.6) is 0 Å². The molecule has 2 unspecified atom stereocenters. The summed E-state index contributed by atoms with van der Waals surface area (Å²) in [5.41, 5.74) is 9.21. The van der Waals surface area contributed by atoms with Crippen molar-refractivity contribution >= 4 is 42.7 Å². The van der Waals surface area contributed by atoms with Gasteiger partial charge in [-0.05, 0) is 57.8 Å². The van der Waals surface area contributed by atoms with Crippen molar-refractivity contribution < 1.29 is 14.3 Å². The Morgan fingerprint density at radius 2 is 2.07 bits per heavy atom. The van der Waals surface area contributed by atoms with E-state index in [0.29, 0.717) is 17.8 Å². The van der Waals surface area contributed by atoms with Crippen molar-refractivity contribution in [3.05, 3.63) is 77.2 Å². The third-order valence-corrected chi connectivity index (χ3v) is 6.61. The maximum absolute atomic E-state index is 12.4. The molecule has 0 saturated heterocycles. The Balaban J connectivity index is 1.74. The van der Waals surface area contributed by atoms with Crippen LogP contribution >= 0.6 is 19.4 Å². The zero-order valence-electron chi connectivity index (χ0n) is 15.9. The molecule has 0 saturated carbocycles. The lowest BCUT2D eigenvalue weighted by Crippen LogP contribution is -2.09. The number of nitrogens with one attached hydrogen (secondary N) is 1. The maximum atomic E-state index is 12.4. The highest BCUT2D eigenvalue weighted by Crippen LogP contribution is 2.40. The van der Waals surface area contributed by atoms with Crippen molar-refractivity contribution in [2.75, 3.05) is 11.1 Å². The largest absolute Gasteiger partial charge is 0.513 e. The SMILES string of the molecule is CCC(c1cccc(/C=C/C(=O)Nc2cc(-c3cccs3)ccc2N)c1)[P+](=O)O.